The Morgan fingerprint density at radius 2 is 1.58 bits per heavy atom. The molecule has 50 heavy (non-hydrogen) atoms. The fraction of sp³-hybridized carbons (Fsp3) is 0.750. The summed E-state index contributed by atoms with van der Waals surface area (Å²) in [6, 6.07) is 5.52. The highest BCUT2D eigenvalue weighted by Crippen LogP contribution is 2.77. The van der Waals surface area contributed by atoms with Gasteiger partial charge >= 0.3 is 5.97 Å². The molecule has 1 amide bonds. The van der Waals surface area contributed by atoms with E-state index in [2.05, 4.69) is 53.4 Å². The van der Waals surface area contributed by atoms with Crippen molar-refractivity contribution in [3.63, 3.8) is 0 Å². The second-order valence-electron chi connectivity index (χ2n) is 20.1. The highest BCUT2D eigenvalue weighted by atomic mass is 35.5. The molecule has 5 saturated carbocycles. The molecule has 0 radical (unpaired) electrons. The van der Waals surface area contributed by atoms with Gasteiger partial charge in [0.1, 0.15) is 6.10 Å². The molecule has 3 heterocycles. The van der Waals surface area contributed by atoms with Crippen molar-refractivity contribution in [2.75, 3.05) is 0 Å². The number of nitrogens with one attached hydrogen (secondary N) is 1. The van der Waals surface area contributed by atoms with Crippen LogP contribution in [0, 0.1) is 62.1 Å². The van der Waals surface area contributed by atoms with Crippen molar-refractivity contribution in [2.24, 2.45) is 62.1 Å². The molecule has 0 aromatic heterocycles. The number of Topliss-reactive ketones (excluding diaryl/α,β-unsaturated/α-hetero) is 1. The molecule has 9 rings (SSSR count). The summed E-state index contributed by atoms with van der Waals surface area (Å²) in [4.78, 5) is 42.1. The van der Waals surface area contributed by atoms with E-state index < -0.39 is 10.8 Å². The molecule has 8 aliphatic rings. The number of fused-ring (bicyclic) bond motifs is 2. The fourth-order valence-corrected chi connectivity index (χ4v) is 14.4. The van der Waals surface area contributed by atoms with Crippen LogP contribution < -0.4 is 5.32 Å². The number of benzene rings is 1. The molecular weight excluding hydrogens is 642 g/mol. The van der Waals surface area contributed by atoms with Gasteiger partial charge in [-0.1, -0.05) is 78.3 Å². The maximum Gasteiger partial charge on any atom is 0.306 e. The van der Waals surface area contributed by atoms with Crippen molar-refractivity contribution in [1.29, 1.82) is 0 Å². The molecule has 1 spiro atoms. The zero-order valence-electron chi connectivity index (χ0n) is 32.1. The van der Waals surface area contributed by atoms with Gasteiger partial charge in [0.05, 0.1) is 16.9 Å². The molecule has 274 valence electrons. The summed E-state index contributed by atoms with van der Waals surface area (Å²) in [6.07, 6.45) is 10.8. The lowest BCUT2D eigenvalue weighted by molar-refractivity contribution is -0.249. The Labute approximate surface area is 306 Å². The van der Waals surface area contributed by atoms with Crippen molar-refractivity contribution in [1.82, 2.24) is 5.32 Å². The quantitative estimate of drug-likeness (QED) is 0.233. The summed E-state index contributed by atoms with van der Waals surface area (Å²) in [5.41, 5.74) is 1.89. The number of ether oxygens (including phenoxy) is 1. The first-order valence-electron chi connectivity index (χ1n) is 19.7. The number of allylic oxidation sites excluding steroid dienone is 1. The summed E-state index contributed by atoms with van der Waals surface area (Å²) in [5, 5.41) is 3.80. The number of halogens is 1. The first-order valence-corrected chi connectivity index (χ1v) is 20.1. The summed E-state index contributed by atoms with van der Waals surface area (Å²) in [7, 11) is 0. The largest absolute Gasteiger partial charge is 0.462 e. The molecule has 0 unspecified atom stereocenters. The third-order valence-electron chi connectivity index (χ3n) is 16.8. The van der Waals surface area contributed by atoms with Crippen molar-refractivity contribution < 1.29 is 19.1 Å². The Morgan fingerprint density at radius 1 is 0.840 bits per heavy atom. The van der Waals surface area contributed by atoms with E-state index in [1.807, 2.05) is 26.0 Å². The van der Waals surface area contributed by atoms with E-state index in [0.29, 0.717) is 40.8 Å². The van der Waals surface area contributed by atoms with Crippen LogP contribution in [0.3, 0.4) is 0 Å². The van der Waals surface area contributed by atoms with Crippen LogP contribution in [-0.2, 0) is 20.9 Å². The molecule has 10 bridgehead atoms. The van der Waals surface area contributed by atoms with E-state index in [1.165, 1.54) is 24.8 Å². The van der Waals surface area contributed by atoms with Gasteiger partial charge in [0, 0.05) is 23.9 Å². The maximum atomic E-state index is 14.7. The van der Waals surface area contributed by atoms with E-state index in [-0.39, 0.29) is 64.2 Å². The van der Waals surface area contributed by atoms with Crippen molar-refractivity contribution in [3.8, 4) is 0 Å². The van der Waals surface area contributed by atoms with E-state index in [9.17, 15) is 14.4 Å². The van der Waals surface area contributed by atoms with E-state index in [0.717, 1.165) is 50.5 Å². The summed E-state index contributed by atoms with van der Waals surface area (Å²) in [6.45, 7) is 23.6. The van der Waals surface area contributed by atoms with Crippen LogP contribution in [0.25, 0.3) is 0 Å². The van der Waals surface area contributed by atoms with Crippen LogP contribution in [0.2, 0.25) is 5.02 Å². The summed E-state index contributed by atoms with van der Waals surface area (Å²) < 4.78 is 6.44. The number of rotatable bonds is 1. The average molecular weight is 704 g/mol. The van der Waals surface area contributed by atoms with Crippen LogP contribution >= 0.6 is 11.6 Å². The first kappa shape index (κ1) is 36.2. The molecule has 3 aliphatic heterocycles. The Hall–Kier alpha value is -2.14. The molecule has 0 saturated heterocycles. The maximum absolute atomic E-state index is 14.7. The standard InChI is InChI=1S/C44H62ClNO4/c1-26(2)28-14-19-44-21-20-42(8)30(37(28)44)11-13-34-41(7)17-16-35(40(5,6)33(41)15-18-43(34,42)9)50-36(48)24-39(3,4)23-32(47)29-22-27(10-12-31(29)45)25-46-38(44)49/h10,12,22,28,30,33-35,37H,1,11,13-21,23-25H2,2-9H3,(H,46,49)/t28-,30+,33-,34+,35-,37+,41-,42+,43+,44-/m0/s1. The topological polar surface area (TPSA) is 72.5 Å². The molecule has 6 heteroatoms. The number of carbonyl (C=O) groups is 3. The van der Waals surface area contributed by atoms with Gasteiger partial charge in [-0.05, 0) is 140 Å². The highest BCUT2D eigenvalue weighted by Gasteiger charge is 2.72. The molecule has 5 fully saturated rings. The molecule has 1 aromatic carbocycles. The summed E-state index contributed by atoms with van der Waals surface area (Å²) in [5.74, 6) is 2.05. The second-order valence-corrected chi connectivity index (χ2v) is 20.5. The van der Waals surface area contributed by atoms with Crippen LogP contribution in [0.5, 0.6) is 0 Å². The molecule has 1 aromatic rings. The zero-order chi connectivity index (χ0) is 36.2. The average Bonchev–Trinajstić information content (AvgIpc) is 3.42. The molecule has 5 nitrogen and oxygen atoms in total. The number of esters is 1. The normalized spacial score (nSPS) is 43.8. The number of hydrogen-bond acceptors (Lipinski definition) is 4. The Bertz CT molecular complexity index is 1610. The number of hydrogen-bond donors (Lipinski definition) is 1. The van der Waals surface area contributed by atoms with Crippen molar-refractivity contribution in [3.05, 3.63) is 46.5 Å². The molecule has 5 aliphatic carbocycles. The fourth-order valence-electron chi connectivity index (χ4n) is 14.2. The van der Waals surface area contributed by atoms with Crippen LogP contribution in [-0.4, -0.2) is 23.8 Å². The number of carbonyl (C=O) groups excluding carboxylic acids is 3. The van der Waals surface area contributed by atoms with Gasteiger partial charge in [-0.3, -0.25) is 14.4 Å². The Balaban J connectivity index is 1.32. The Morgan fingerprint density at radius 3 is 2.30 bits per heavy atom. The van der Waals surface area contributed by atoms with Gasteiger partial charge in [-0.25, -0.2) is 0 Å². The second kappa shape index (κ2) is 11.9. The van der Waals surface area contributed by atoms with Gasteiger partial charge in [0.2, 0.25) is 5.91 Å². The predicted molar refractivity (Wildman–Crippen MR) is 199 cm³/mol. The summed E-state index contributed by atoms with van der Waals surface area (Å²) >= 11 is 6.61. The van der Waals surface area contributed by atoms with Gasteiger partial charge < -0.3 is 10.1 Å². The Kier molecular flexibility index (Phi) is 8.65. The highest BCUT2D eigenvalue weighted by molar-refractivity contribution is 6.34. The SMILES string of the molecule is C=C(C)[C@@H]1CC[C@@]23CC[C@]4(C)[C@H](CC[C@@H]5[C@@]6(C)CC[C@H](OC(=O)CC(C)(C)CC(=O)c7cc(ccc7Cl)CNC2=O)C(C)(C)[C@@H]6CC[C@]54C)[C@@H]13. The van der Waals surface area contributed by atoms with Crippen LogP contribution in [0.1, 0.15) is 148 Å². The monoisotopic (exact) mass is 703 g/mol. The smallest absolute Gasteiger partial charge is 0.306 e. The molecule has 10 atom stereocenters. The lowest BCUT2D eigenvalue weighted by Gasteiger charge is -2.72. The van der Waals surface area contributed by atoms with E-state index in [1.54, 1.807) is 6.07 Å². The minimum atomic E-state index is -0.595. The third-order valence-corrected chi connectivity index (χ3v) is 17.1. The minimum Gasteiger partial charge on any atom is -0.462 e. The van der Waals surface area contributed by atoms with Gasteiger partial charge in [0.25, 0.3) is 0 Å². The molecule has 1 N–H and O–H groups in total. The molecular formula is C44H62ClNO4. The predicted octanol–water partition coefficient (Wildman–Crippen LogP) is 10.5. The van der Waals surface area contributed by atoms with E-state index >= 15 is 0 Å². The van der Waals surface area contributed by atoms with Crippen molar-refractivity contribution >= 4 is 29.3 Å². The van der Waals surface area contributed by atoms with Crippen molar-refractivity contribution in [2.45, 2.75) is 145 Å². The number of amides is 1. The van der Waals surface area contributed by atoms with Gasteiger partial charge in [0.15, 0.2) is 5.78 Å². The van der Waals surface area contributed by atoms with E-state index in [4.69, 9.17) is 16.3 Å². The lowest BCUT2D eigenvalue weighted by Crippen LogP contribution is -2.67. The van der Waals surface area contributed by atoms with Crippen LogP contribution in [0.15, 0.2) is 30.4 Å². The third kappa shape index (κ3) is 5.23. The first-order chi connectivity index (χ1) is 23.3. The van der Waals surface area contributed by atoms with Crippen LogP contribution in [0.4, 0.5) is 0 Å². The lowest BCUT2D eigenvalue weighted by atomic mass is 9.32. The zero-order valence-corrected chi connectivity index (χ0v) is 32.9. The minimum absolute atomic E-state index is 0.0940. The van der Waals surface area contributed by atoms with Gasteiger partial charge in [-0.15, -0.1) is 0 Å². The van der Waals surface area contributed by atoms with Gasteiger partial charge in [-0.2, -0.15) is 0 Å². The number of ketones is 1.